The first-order chi connectivity index (χ1) is 20.4. The fraction of sp³-hybridized carbons (Fsp3) is 0.345. The molecule has 1 fully saturated rings. The number of hydrogen-bond donors (Lipinski definition) is 2. The van der Waals surface area contributed by atoms with Crippen LogP contribution in [0.4, 0.5) is 5.69 Å². The van der Waals surface area contributed by atoms with Crippen molar-refractivity contribution in [1.82, 2.24) is 5.32 Å². The van der Waals surface area contributed by atoms with Gasteiger partial charge in [-0.15, -0.1) is 0 Å². The quantitative estimate of drug-likeness (QED) is 0.225. The monoisotopic (exact) mass is 612 g/mol. The molecule has 1 heterocycles. The summed E-state index contributed by atoms with van der Waals surface area (Å²) < 4.78 is 27.3. The van der Waals surface area contributed by atoms with E-state index in [1.165, 1.54) is 6.07 Å². The average Bonchev–Trinajstić information content (AvgIpc) is 2.93. The van der Waals surface area contributed by atoms with E-state index in [2.05, 4.69) is 10.6 Å². The highest BCUT2D eigenvalue weighted by Crippen LogP contribution is 2.32. The normalized spacial score (nSPS) is 22.3. The van der Waals surface area contributed by atoms with E-state index in [4.69, 9.17) is 35.9 Å². The smallest absolute Gasteiger partial charge is 0.303 e. The average molecular weight is 613 g/mol. The number of carbonyl (C=O) groups is 6. The molecule has 13 nitrogen and oxygen atoms in total. The summed E-state index contributed by atoms with van der Waals surface area (Å²) >= 11 is 5.49. The first-order valence-corrected chi connectivity index (χ1v) is 13.5. The second kappa shape index (κ2) is 13.1. The van der Waals surface area contributed by atoms with Crippen molar-refractivity contribution in [2.24, 2.45) is 0 Å². The third kappa shape index (κ3) is 7.04. The number of benzene rings is 2. The lowest BCUT2D eigenvalue weighted by Crippen LogP contribution is -2.66. The molecule has 226 valence electrons. The van der Waals surface area contributed by atoms with E-state index in [1.807, 2.05) is 0 Å². The van der Waals surface area contributed by atoms with Crippen molar-refractivity contribution in [3.63, 3.8) is 0 Å². The van der Waals surface area contributed by atoms with Crippen LogP contribution in [-0.4, -0.2) is 77.8 Å². The van der Waals surface area contributed by atoms with Crippen LogP contribution in [0.25, 0.3) is 0 Å². The fourth-order valence-electron chi connectivity index (χ4n) is 4.88. The number of carbonyl (C=O) groups excluding carboxylic acids is 6. The molecular weight excluding hydrogens is 584 g/mol. The number of ketones is 2. The molecule has 1 aliphatic heterocycles. The van der Waals surface area contributed by atoms with E-state index in [-0.39, 0.29) is 44.6 Å². The number of hydrogen-bond acceptors (Lipinski definition) is 12. The molecule has 14 heteroatoms. The van der Waals surface area contributed by atoms with Crippen LogP contribution in [0.2, 0.25) is 0 Å². The van der Waals surface area contributed by atoms with Crippen LogP contribution in [0, 0.1) is 0 Å². The Morgan fingerprint density at radius 2 is 1.30 bits per heavy atom. The minimum Gasteiger partial charge on any atom is -0.463 e. The van der Waals surface area contributed by atoms with Gasteiger partial charge in [-0.1, -0.05) is 36.4 Å². The molecule has 5 atom stereocenters. The maximum atomic E-state index is 13.4. The molecule has 0 aromatic heterocycles. The third-order valence-electron chi connectivity index (χ3n) is 6.46. The van der Waals surface area contributed by atoms with Crippen LogP contribution in [0.1, 0.15) is 59.5 Å². The van der Waals surface area contributed by atoms with Gasteiger partial charge in [-0.3, -0.25) is 28.8 Å². The number of esters is 4. The minimum absolute atomic E-state index is 0.108. The number of fused-ring (bicyclic) bond motifs is 2. The Morgan fingerprint density at radius 3 is 1.91 bits per heavy atom. The van der Waals surface area contributed by atoms with Gasteiger partial charge in [0.2, 0.25) is 0 Å². The van der Waals surface area contributed by atoms with Gasteiger partial charge in [0, 0.05) is 44.4 Å². The highest BCUT2D eigenvalue weighted by Gasteiger charge is 2.52. The molecule has 0 unspecified atom stereocenters. The van der Waals surface area contributed by atoms with Gasteiger partial charge in [-0.2, -0.15) is 0 Å². The molecule has 0 bridgehead atoms. The van der Waals surface area contributed by atoms with Crippen molar-refractivity contribution in [3.8, 4) is 0 Å². The molecule has 2 N–H and O–H groups in total. The predicted molar refractivity (Wildman–Crippen MR) is 151 cm³/mol. The van der Waals surface area contributed by atoms with Crippen molar-refractivity contribution in [1.29, 1.82) is 0 Å². The zero-order valence-electron chi connectivity index (χ0n) is 23.5. The lowest BCUT2D eigenvalue weighted by Gasteiger charge is -2.44. The first kappa shape index (κ1) is 31.3. The van der Waals surface area contributed by atoms with Crippen molar-refractivity contribution < 1.29 is 52.5 Å². The van der Waals surface area contributed by atoms with Crippen molar-refractivity contribution in [3.05, 3.63) is 64.7 Å². The summed E-state index contributed by atoms with van der Waals surface area (Å²) in [6.45, 7) is 4.08. The van der Waals surface area contributed by atoms with Gasteiger partial charge in [0.15, 0.2) is 41.2 Å². The molecule has 1 aliphatic carbocycles. The molecule has 0 spiro atoms. The molecule has 2 aromatic carbocycles. The second-order valence-corrected chi connectivity index (χ2v) is 10.1. The Kier molecular flexibility index (Phi) is 9.51. The molecule has 43 heavy (non-hydrogen) atoms. The Labute approximate surface area is 251 Å². The predicted octanol–water partition coefficient (Wildman–Crippen LogP) is 1.83. The molecule has 2 aliphatic rings. The lowest BCUT2D eigenvalue weighted by molar-refractivity contribution is -0.254. The zero-order chi connectivity index (χ0) is 31.4. The summed E-state index contributed by atoms with van der Waals surface area (Å²) in [6.07, 6.45) is -6.67. The summed E-state index contributed by atoms with van der Waals surface area (Å²) in [7, 11) is 0. The van der Waals surface area contributed by atoms with Crippen LogP contribution >= 0.6 is 12.2 Å². The summed E-state index contributed by atoms with van der Waals surface area (Å²) in [5, 5.41) is 5.58. The number of anilines is 1. The number of nitrogens with one attached hydrogen (secondary N) is 2. The summed E-state index contributed by atoms with van der Waals surface area (Å²) in [4.78, 5) is 74.1. The van der Waals surface area contributed by atoms with Gasteiger partial charge in [0.25, 0.3) is 0 Å². The van der Waals surface area contributed by atoms with E-state index in [0.29, 0.717) is 0 Å². The van der Waals surface area contributed by atoms with Crippen LogP contribution in [0.3, 0.4) is 0 Å². The molecule has 0 amide bonds. The van der Waals surface area contributed by atoms with E-state index >= 15 is 0 Å². The van der Waals surface area contributed by atoms with Crippen LogP contribution in [0.5, 0.6) is 0 Å². The molecular formula is C29H28N2O11S. The topological polar surface area (TPSA) is 173 Å². The molecule has 2 aromatic rings. The van der Waals surface area contributed by atoms with Crippen molar-refractivity contribution in [2.45, 2.75) is 58.3 Å². The number of ether oxygens (including phenoxy) is 5. The SMILES string of the molecule is CC(=O)OC[C@H]1O[C@@H](NC(=S)Nc2cccc3c2C(=O)c2ccccc2C3=O)[C@H](OC(C)=O)[C@@H](OC(C)=O)[C@@H]1OC(C)=O. The number of thiocarbonyl (C=S) groups is 1. The molecule has 0 saturated carbocycles. The fourth-order valence-corrected chi connectivity index (χ4v) is 5.11. The highest BCUT2D eigenvalue weighted by atomic mass is 32.1. The molecule has 0 radical (unpaired) electrons. The Bertz CT molecular complexity index is 1510. The van der Waals surface area contributed by atoms with Gasteiger partial charge in [0.1, 0.15) is 12.7 Å². The number of rotatable bonds is 7. The van der Waals surface area contributed by atoms with Crippen LogP contribution < -0.4 is 10.6 Å². The summed E-state index contributed by atoms with van der Waals surface area (Å²) in [6, 6.07) is 11.1. The lowest BCUT2D eigenvalue weighted by atomic mass is 9.83. The van der Waals surface area contributed by atoms with Gasteiger partial charge >= 0.3 is 23.9 Å². The summed E-state index contributed by atoms with van der Waals surface area (Å²) in [5.74, 6) is -3.70. The molecule has 1 saturated heterocycles. The Morgan fingerprint density at radius 1 is 0.744 bits per heavy atom. The zero-order valence-corrected chi connectivity index (χ0v) is 24.4. The second-order valence-electron chi connectivity index (χ2n) is 9.65. The van der Waals surface area contributed by atoms with Gasteiger partial charge in [0.05, 0.1) is 11.3 Å². The van der Waals surface area contributed by atoms with Crippen molar-refractivity contribution in [2.75, 3.05) is 11.9 Å². The summed E-state index contributed by atoms with van der Waals surface area (Å²) in [5.41, 5.74) is 1.04. The first-order valence-electron chi connectivity index (χ1n) is 13.1. The largest absolute Gasteiger partial charge is 0.463 e. The van der Waals surface area contributed by atoms with Crippen LogP contribution in [-0.2, 0) is 42.9 Å². The van der Waals surface area contributed by atoms with E-state index < -0.39 is 61.1 Å². The van der Waals surface area contributed by atoms with Gasteiger partial charge in [-0.25, -0.2) is 0 Å². The van der Waals surface area contributed by atoms with E-state index in [1.54, 1.807) is 36.4 Å². The third-order valence-corrected chi connectivity index (χ3v) is 6.68. The van der Waals surface area contributed by atoms with E-state index in [0.717, 1.165) is 27.7 Å². The van der Waals surface area contributed by atoms with E-state index in [9.17, 15) is 28.8 Å². The standard InChI is InChI=1S/C29H28N2O11S/c1-13(32)38-12-21-25(39-14(2)33)26(40-15(3)34)27(41-16(4)35)28(42-21)31-29(43)30-20-11-7-10-19-22(20)24(37)18-9-6-5-8-17(18)23(19)36/h5-11,21,25-28H,12H2,1-4H3,(H2,30,31,43)/t21-,25-,26+,27-,28-/m1/s1. The highest BCUT2D eigenvalue weighted by molar-refractivity contribution is 7.80. The Hall–Kier alpha value is -4.69. The Balaban J connectivity index is 1.65. The van der Waals surface area contributed by atoms with Gasteiger partial charge in [-0.05, 0) is 18.3 Å². The maximum absolute atomic E-state index is 13.4. The van der Waals surface area contributed by atoms with Gasteiger partial charge < -0.3 is 34.3 Å². The minimum atomic E-state index is -1.40. The maximum Gasteiger partial charge on any atom is 0.303 e. The van der Waals surface area contributed by atoms with Crippen LogP contribution in [0.15, 0.2) is 42.5 Å². The van der Waals surface area contributed by atoms with Crippen molar-refractivity contribution >= 4 is 58.5 Å². The molecule has 4 rings (SSSR count).